The Kier molecular flexibility index (Phi) is 103. The minimum Gasteiger partial charge on any atom is -0.165 e. The number of halogens is 6. The van der Waals surface area contributed by atoms with E-state index in [9.17, 15) is 23.3 Å². The molecule has 12 heteroatoms. The van der Waals surface area contributed by atoms with Crippen molar-refractivity contribution < 1.29 is 23.3 Å². The van der Waals surface area contributed by atoms with Crippen molar-refractivity contribution in [3.8, 4) is 0 Å². The molecule has 0 saturated heterocycles. The summed E-state index contributed by atoms with van der Waals surface area (Å²) in [5.41, 5.74) is 0. The van der Waals surface area contributed by atoms with E-state index in [4.69, 9.17) is 0 Å². The van der Waals surface area contributed by atoms with Gasteiger partial charge in [0.1, 0.15) is 0 Å². The maximum Gasteiger partial charge on any atom is 0.0443 e. The highest BCUT2D eigenvalue weighted by molar-refractivity contribution is 7.95. The van der Waals surface area contributed by atoms with Crippen LogP contribution < -0.4 is 0 Å². The number of allylic oxidation sites excluding steroid dienone is 12. The highest BCUT2D eigenvalue weighted by Crippen LogP contribution is 2.11. The number of rotatable bonds is 36. The molecule has 0 aliphatic carbocycles. The van der Waals surface area contributed by atoms with E-state index in [1.165, 1.54) is 38.5 Å². The van der Waals surface area contributed by atoms with Crippen LogP contribution in [0.15, 0.2) is 72.9 Å². The van der Waals surface area contributed by atoms with Gasteiger partial charge in [-0.05, 0) is 157 Å². The summed E-state index contributed by atoms with van der Waals surface area (Å²) in [6.07, 6.45) is 52.4. The highest BCUT2D eigenvalue weighted by atomic mass is 32.2. The molecule has 0 atom stereocenters. The topological polar surface area (TPSA) is 0 Å². The Morgan fingerprint density at radius 2 is 0.350 bits per heavy atom. The Morgan fingerprint density at radius 1 is 0.217 bits per heavy atom. The lowest BCUT2D eigenvalue weighted by Crippen LogP contribution is -1.77. The molecule has 0 bridgehead atoms. The average Bonchev–Trinajstić information content (AvgIpc) is 3.27. The first kappa shape index (κ1) is 71.7. The molecule has 0 nitrogen and oxygen atoms in total. The molecule has 0 saturated carbocycles. The van der Waals surface area contributed by atoms with Crippen LogP contribution in [0.5, 0.6) is 0 Å². The lowest BCUT2D eigenvalue weighted by molar-refractivity contribution is 0.730. The van der Waals surface area contributed by atoms with E-state index in [1.54, 1.807) is 0 Å². The molecule has 0 aliphatic heterocycles. The molecule has 0 rings (SSSR count). The van der Waals surface area contributed by atoms with Gasteiger partial charge in [0.2, 0.25) is 0 Å². The third-order valence-corrected chi connectivity index (χ3v) is 10.6. The Balaban J connectivity index is -0.000000146. The lowest BCUT2D eigenvalue weighted by atomic mass is 10.2. The molecule has 0 radical (unpaired) electrons. The van der Waals surface area contributed by atoms with Crippen molar-refractivity contribution in [2.24, 2.45) is 0 Å². The van der Waals surface area contributed by atoms with Crippen LogP contribution in [0.3, 0.4) is 0 Å². The second-order valence-corrected chi connectivity index (χ2v) is 17.1. The fourth-order valence-corrected chi connectivity index (χ4v) is 6.45. The zero-order valence-electron chi connectivity index (χ0n) is 38.9. The minimum atomic E-state index is 0.447. The van der Waals surface area contributed by atoms with Crippen LogP contribution in [0, 0.1) is 0 Å². The quantitative estimate of drug-likeness (QED) is 0.0346. The van der Waals surface area contributed by atoms with Gasteiger partial charge >= 0.3 is 0 Å². The molecular formula is C48H90F6S6. The maximum atomic E-state index is 11.5. The van der Waals surface area contributed by atoms with Crippen molar-refractivity contribution in [1.82, 2.24) is 0 Å². The van der Waals surface area contributed by atoms with Crippen molar-refractivity contribution in [2.45, 2.75) is 196 Å². The number of hydrogen-bond acceptors (Lipinski definition) is 6. The van der Waals surface area contributed by atoms with Gasteiger partial charge in [-0.15, -0.1) is 0 Å². The standard InChI is InChI=1S/6C8H15FS/c6*1-2-3-4-5-6-7-8-10-9/h6*2-3H,4-8H2,1H3/b6*3-2+. The first-order chi connectivity index (χ1) is 29.5. The normalized spacial score (nSPS) is 11.0. The van der Waals surface area contributed by atoms with Gasteiger partial charge in [0.15, 0.2) is 0 Å². The second kappa shape index (κ2) is 86.2. The highest BCUT2D eigenvalue weighted by Gasteiger charge is 1.91. The van der Waals surface area contributed by atoms with Gasteiger partial charge in [0.25, 0.3) is 0 Å². The molecule has 0 aliphatic rings. The molecule has 0 N–H and O–H groups in total. The van der Waals surface area contributed by atoms with Crippen LogP contribution in [-0.2, 0) is 0 Å². The predicted octanol–water partition coefficient (Wildman–Crippen LogP) is 22.4. The molecule has 0 unspecified atom stereocenters. The summed E-state index contributed by atoms with van der Waals surface area (Å²) < 4.78 is 68.8. The van der Waals surface area contributed by atoms with E-state index in [-0.39, 0.29) is 0 Å². The van der Waals surface area contributed by atoms with E-state index in [0.29, 0.717) is 107 Å². The van der Waals surface area contributed by atoms with Crippen LogP contribution in [0.25, 0.3) is 0 Å². The monoisotopic (exact) mass is 973 g/mol. The zero-order valence-corrected chi connectivity index (χ0v) is 43.8. The van der Waals surface area contributed by atoms with Crippen molar-refractivity contribution in [3.63, 3.8) is 0 Å². The number of unbranched alkanes of at least 4 members (excludes halogenated alkanes) is 18. The van der Waals surface area contributed by atoms with Crippen molar-refractivity contribution in [3.05, 3.63) is 72.9 Å². The largest absolute Gasteiger partial charge is 0.165 e. The van der Waals surface area contributed by atoms with Crippen LogP contribution in [-0.4, -0.2) is 34.5 Å². The third-order valence-electron chi connectivity index (χ3n) is 7.97. The van der Waals surface area contributed by atoms with Crippen molar-refractivity contribution >= 4 is 72.9 Å². The van der Waals surface area contributed by atoms with E-state index in [0.717, 1.165) is 116 Å². The predicted molar refractivity (Wildman–Crippen MR) is 281 cm³/mol. The zero-order chi connectivity index (χ0) is 45.9. The fraction of sp³-hybridized carbons (Fsp3) is 0.750. The van der Waals surface area contributed by atoms with Gasteiger partial charge in [-0.25, -0.2) is 0 Å². The molecule has 360 valence electrons. The van der Waals surface area contributed by atoms with Gasteiger partial charge in [0, 0.05) is 107 Å². The van der Waals surface area contributed by atoms with Gasteiger partial charge in [0.05, 0.1) is 0 Å². The Hall–Kier alpha value is 0.120. The SMILES string of the molecule is C/C=C/CCCCCSF.C/C=C/CCCCCSF.C/C=C/CCCCCSF.C/C=C/CCCCCSF.C/C=C/CCCCCSF.C/C=C/CCCCCSF. The molecule has 60 heavy (non-hydrogen) atoms. The third kappa shape index (κ3) is 107. The van der Waals surface area contributed by atoms with E-state index in [2.05, 4.69) is 72.9 Å². The maximum absolute atomic E-state index is 11.5. The van der Waals surface area contributed by atoms with Crippen LogP contribution in [0.4, 0.5) is 23.3 Å². The average molecular weight is 974 g/mol. The van der Waals surface area contributed by atoms with E-state index < -0.39 is 0 Å². The summed E-state index contributed by atoms with van der Waals surface area (Å²) in [4.78, 5) is 0. The second-order valence-electron chi connectivity index (χ2n) is 13.4. The van der Waals surface area contributed by atoms with Gasteiger partial charge < -0.3 is 0 Å². The first-order valence-corrected chi connectivity index (χ1v) is 27.9. The molecule has 0 heterocycles. The summed E-state index contributed by atoms with van der Waals surface area (Å²) in [5.74, 6) is 3.98. The van der Waals surface area contributed by atoms with Crippen molar-refractivity contribution in [2.75, 3.05) is 34.5 Å². The summed E-state index contributed by atoms with van der Waals surface area (Å²) in [6.45, 7) is 12.2. The van der Waals surface area contributed by atoms with E-state index in [1.807, 2.05) is 41.5 Å². The Morgan fingerprint density at radius 3 is 0.450 bits per heavy atom. The van der Waals surface area contributed by atoms with Gasteiger partial charge in [-0.3, -0.25) is 0 Å². The molecular weight excluding hydrogens is 883 g/mol. The molecule has 0 aromatic heterocycles. The molecule has 0 aromatic rings. The molecule has 0 fully saturated rings. The van der Waals surface area contributed by atoms with Crippen LogP contribution in [0.2, 0.25) is 0 Å². The molecule has 0 aromatic carbocycles. The van der Waals surface area contributed by atoms with Crippen molar-refractivity contribution in [1.29, 1.82) is 0 Å². The number of hydrogen-bond donors (Lipinski definition) is 0. The summed E-state index contributed by atoms with van der Waals surface area (Å²) in [6, 6.07) is 0. The minimum absolute atomic E-state index is 0.447. The molecule has 0 spiro atoms. The first-order valence-electron chi connectivity index (χ1n) is 22.6. The lowest BCUT2D eigenvalue weighted by Gasteiger charge is -1.93. The Bertz CT molecular complexity index is 659. The van der Waals surface area contributed by atoms with E-state index >= 15 is 0 Å². The summed E-state index contributed by atoms with van der Waals surface area (Å²) >= 11 is 2.68. The fourth-order valence-electron chi connectivity index (χ4n) is 4.57. The smallest absolute Gasteiger partial charge is 0.0443 e. The van der Waals surface area contributed by atoms with Gasteiger partial charge in [-0.2, -0.15) is 23.3 Å². The summed E-state index contributed by atoms with van der Waals surface area (Å²) in [5, 5.41) is 0. The van der Waals surface area contributed by atoms with Gasteiger partial charge in [-0.1, -0.05) is 111 Å². The molecule has 0 amide bonds. The Labute approximate surface area is 396 Å². The van der Waals surface area contributed by atoms with Crippen LogP contribution >= 0.6 is 72.9 Å². The summed E-state index contributed by atoms with van der Waals surface area (Å²) in [7, 11) is 0. The van der Waals surface area contributed by atoms with Crippen LogP contribution in [0.1, 0.15) is 196 Å².